The molecule has 8 heavy (non-hydrogen) atoms. The first kappa shape index (κ1) is 7.14. The molecule has 0 spiro atoms. The summed E-state index contributed by atoms with van der Waals surface area (Å²) in [6, 6.07) is 0. The molecule has 0 aliphatic rings. The molecule has 0 bridgehead atoms. The molecule has 0 radical (unpaired) electrons. The SMILES string of the molecule is CCO/C=N/C=N\C. The molecule has 0 atom stereocenters. The molecule has 0 heterocycles. The lowest BCUT2D eigenvalue weighted by Crippen LogP contribution is -1.83. The molecule has 0 unspecified atom stereocenters. The normalized spacial score (nSPS) is 11.2. The number of rotatable bonds is 3. The first-order valence-electron chi connectivity index (χ1n) is 2.45. The Hall–Kier alpha value is -0.860. The van der Waals surface area contributed by atoms with Gasteiger partial charge in [0.05, 0.1) is 6.61 Å². The monoisotopic (exact) mass is 114 g/mol. The molecule has 0 saturated heterocycles. The fourth-order valence-electron chi connectivity index (χ4n) is 0.211. The van der Waals surface area contributed by atoms with Crippen LogP contribution in [0, 0.1) is 0 Å². The van der Waals surface area contributed by atoms with E-state index in [9.17, 15) is 0 Å². The molecule has 0 fully saturated rings. The highest BCUT2D eigenvalue weighted by Crippen LogP contribution is 1.63. The second kappa shape index (κ2) is 6.14. The van der Waals surface area contributed by atoms with E-state index in [0.717, 1.165) is 0 Å². The van der Waals surface area contributed by atoms with Crippen LogP contribution in [0.15, 0.2) is 9.98 Å². The molecule has 0 aliphatic heterocycles. The van der Waals surface area contributed by atoms with Crippen LogP contribution in [0.1, 0.15) is 6.92 Å². The van der Waals surface area contributed by atoms with E-state index in [2.05, 4.69) is 9.98 Å². The van der Waals surface area contributed by atoms with Crippen LogP contribution in [0.3, 0.4) is 0 Å². The summed E-state index contributed by atoms with van der Waals surface area (Å²) in [5.74, 6) is 0. The summed E-state index contributed by atoms with van der Waals surface area (Å²) in [4.78, 5) is 7.25. The van der Waals surface area contributed by atoms with Gasteiger partial charge in [-0.15, -0.1) is 0 Å². The van der Waals surface area contributed by atoms with Crippen LogP contribution in [0.5, 0.6) is 0 Å². The maximum absolute atomic E-state index is 4.75. The highest BCUT2D eigenvalue weighted by Gasteiger charge is 1.64. The van der Waals surface area contributed by atoms with Crippen molar-refractivity contribution in [1.29, 1.82) is 0 Å². The Morgan fingerprint density at radius 2 is 2.38 bits per heavy atom. The number of aliphatic imine (C=N–C) groups is 2. The topological polar surface area (TPSA) is 34.0 Å². The third-order valence-corrected chi connectivity index (χ3v) is 0.484. The van der Waals surface area contributed by atoms with Gasteiger partial charge in [-0.2, -0.15) is 0 Å². The molecule has 0 aliphatic carbocycles. The van der Waals surface area contributed by atoms with Crippen molar-refractivity contribution in [2.24, 2.45) is 9.98 Å². The molecule has 0 aromatic rings. The first-order chi connectivity index (χ1) is 3.91. The average Bonchev–Trinajstić information content (AvgIpc) is 1.81. The van der Waals surface area contributed by atoms with E-state index in [0.29, 0.717) is 6.61 Å². The average molecular weight is 114 g/mol. The minimum absolute atomic E-state index is 0.654. The molecule has 0 aromatic heterocycles. The van der Waals surface area contributed by atoms with E-state index in [1.54, 1.807) is 7.05 Å². The Bertz CT molecular complexity index is 88.4. The second-order valence-electron chi connectivity index (χ2n) is 1.08. The van der Waals surface area contributed by atoms with Gasteiger partial charge in [0.2, 0.25) is 0 Å². The lowest BCUT2D eigenvalue weighted by Gasteiger charge is -1.86. The van der Waals surface area contributed by atoms with Crippen LogP contribution in [0.25, 0.3) is 0 Å². The van der Waals surface area contributed by atoms with Gasteiger partial charge >= 0.3 is 0 Å². The van der Waals surface area contributed by atoms with Crippen molar-refractivity contribution in [2.75, 3.05) is 13.7 Å². The van der Waals surface area contributed by atoms with Crippen molar-refractivity contribution in [1.82, 2.24) is 0 Å². The Labute approximate surface area is 49.1 Å². The molecular weight excluding hydrogens is 104 g/mol. The molecule has 0 saturated carbocycles. The van der Waals surface area contributed by atoms with Crippen molar-refractivity contribution in [2.45, 2.75) is 6.92 Å². The summed E-state index contributed by atoms with van der Waals surface area (Å²) in [7, 11) is 1.66. The minimum Gasteiger partial charge on any atom is -0.483 e. The third-order valence-electron chi connectivity index (χ3n) is 0.484. The zero-order valence-corrected chi connectivity index (χ0v) is 5.16. The Kier molecular flexibility index (Phi) is 5.48. The van der Waals surface area contributed by atoms with Crippen LogP contribution < -0.4 is 0 Å². The van der Waals surface area contributed by atoms with Gasteiger partial charge in [-0.25, -0.2) is 4.99 Å². The summed E-state index contributed by atoms with van der Waals surface area (Å²) >= 11 is 0. The summed E-state index contributed by atoms with van der Waals surface area (Å²) in [6.45, 7) is 2.55. The van der Waals surface area contributed by atoms with Crippen LogP contribution in [-0.4, -0.2) is 26.4 Å². The van der Waals surface area contributed by atoms with Crippen molar-refractivity contribution in [3.05, 3.63) is 0 Å². The fraction of sp³-hybridized carbons (Fsp3) is 0.600. The zero-order chi connectivity index (χ0) is 6.24. The van der Waals surface area contributed by atoms with Gasteiger partial charge in [0, 0.05) is 7.05 Å². The van der Waals surface area contributed by atoms with Crippen LogP contribution in [-0.2, 0) is 4.74 Å². The maximum atomic E-state index is 4.75. The first-order valence-corrected chi connectivity index (χ1v) is 2.45. The summed E-state index contributed by atoms with van der Waals surface area (Å²) < 4.78 is 4.75. The lowest BCUT2D eigenvalue weighted by molar-refractivity contribution is 0.344. The molecule has 3 nitrogen and oxygen atoms in total. The summed E-state index contributed by atoms with van der Waals surface area (Å²) in [6.07, 6.45) is 2.79. The van der Waals surface area contributed by atoms with E-state index >= 15 is 0 Å². The number of ether oxygens (including phenoxy) is 1. The lowest BCUT2D eigenvalue weighted by atomic mass is 10.9. The van der Waals surface area contributed by atoms with E-state index in [-0.39, 0.29) is 0 Å². The highest BCUT2D eigenvalue weighted by atomic mass is 16.5. The van der Waals surface area contributed by atoms with Crippen LogP contribution in [0.4, 0.5) is 0 Å². The largest absolute Gasteiger partial charge is 0.483 e. The Morgan fingerprint density at radius 1 is 1.62 bits per heavy atom. The van der Waals surface area contributed by atoms with Gasteiger partial charge < -0.3 is 4.74 Å². The van der Waals surface area contributed by atoms with Crippen molar-refractivity contribution in [3.8, 4) is 0 Å². The highest BCUT2D eigenvalue weighted by molar-refractivity contribution is 5.67. The quantitative estimate of drug-likeness (QED) is 0.393. The number of hydrogen-bond donors (Lipinski definition) is 0. The van der Waals surface area contributed by atoms with Gasteiger partial charge in [-0.3, -0.25) is 4.99 Å². The molecule has 46 valence electrons. The predicted molar refractivity (Wildman–Crippen MR) is 34.5 cm³/mol. The van der Waals surface area contributed by atoms with E-state index in [4.69, 9.17) is 4.74 Å². The van der Waals surface area contributed by atoms with E-state index < -0.39 is 0 Å². The zero-order valence-electron chi connectivity index (χ0n) is 5.16. The molecule has 0 rings (SSSR count). The van der Waals surface area contributed by atoms with Gasteiger partial charge in [0.25, 0.3) is 0 Å². The van der Waals surface area contributed by atoms with Crippen molar-refractivity contribution < 1.29 is 4.74 Å². The second-order valence-corrected chi connectivity index (χ2v) is 1.08. The summed E-state index contributed by atoms with van der Waals surface area (Å²) in [5, 5.41) is 0. The van der Waals surface area contributed by atoms with Crippen molar-refractivity contribution >= 4 is 12.7 Å². The number of nitrogens with zero attached hydrogens (tertiary/aromatic N) is 2. The predicted octanol–water partition coefficient (Wildman–Crippen LogP) is 0.709. The van der Waals surface area contributed by atoms with Gasteiger partial charge in [0.15, 0.2) is 6.40 Å². The number of hydrogen-bond acceptors (Lipinski definition) is 2. The third kappa shape index (κ3) is 5.14. The maximum Gasteiger partial charge on any atom is 0.175 e. The van der Waals surface area contributed by atoms with Gasteiger partial charge in [-0.05, 0) is 6.92 Å². The van der Waals surface area contributed by atoms with Crippen molar-refractivity contribution in [3.63, 3.8) is 0 Å². The van der Waals surface area contributed by atoms with E-state index in [1.807, 2.05) is 6.92 Å². The standard InChI is InChI=1S/C5H10N2O/c1-3-8-5-7-4-6-2/h4-5H,3H2,1-2H3/b6-4-,7-5+. The molecule has 0 N–H and O–H groups in total. The summed E-state index contributed by atoms with van der Waals surface area (Å²) in [5.41, 5.74) is 0. The Morgan fingerprint density at radius 3 is 2.88 bits per heavy atom. The molecule has 0 amide bonds. The van der Waals surface area contributed by atoms with Crippen LogP contribution in [0.2, 0.25) is 0 Å². The molecular formula is C5H10N2O. The molecule has 0 aromatic carbocycles. The fourth-order valence-corrected chi connectivity index (χ4v) is 0.211. The minimum atomic E-state index is 0.654. The molecule has 3 heteroatoms. The van der Waals surface area contributed by atoms with Crippen LogP contribution >= 0.6 is 0 Å². The Balaban J connectivity index is 3.07. The van der Waals surface area contributed by atoms with Gasteiger partial charge in [-0.1, -0.05) is 0 Å². The van der Waals surface area contributed by atoms with E-state index in [1.165, 1.54) is 12.7 Å². The van der Waals surface area contributed by atoms with Gasteiger partial charge in [0.1, 0.15) is 6.34 Å². The smallest absolute Gasteiger partial charge is 0.175 e.